The molecule has 0 aromatic heterocycles. The van der Waals surface area contributed by atoms with Gasteiger partial charge in [0.15, 0.2) is 0 Å². The van der Waals surface area contributed by atoms with Gasteiger partial charge in [-0.05, 0) is 37.0 Å². The minimum atomic E-state index is 0.139. The van der Waals surface area contributed by atoms with Crippen molar-refractivity contribution in [2.45, 2.75) is 84.3 Å². The molecule has 0 radical (unpaired) electrons. The normalized spacial score (nSPS) is 29.9. The summed E-state index contributed by atoms with van der Waals surface area (Å²) in [7, 11) is 1.80. The first-order valence-electron chi connectivity index (χ1n) is 8.48. The van der Waals surface area contributed by atoms with E-state index in [4.69, 9.17) is 10.5 Å². The van der Waals surface area contributed by atoms with Gasteiger partial charge in [0, 0.05) is 13.2 Å². The zero-order chi connectivity index (χ0) is 15.0. The maximum Gasteiger partial charge on any atom is 0.0778 e. The first kappa shape index (κ1) is 17.7. The van der Waals surface area contributed by atoms with Crippen molar-refractivity contribution >= 4 is 0 Å². The molecule has 0 aromatic carbocycles. The average molecular weight is 281 g/mol. The van der Waals surface area contributed by atoms with Crippen molar-refractivity contribution in [1.29, 1.82) is 0 Å². The topological polar surface area (TPSA) is 35.2 Å². The Labute approximate surface area is 126 Å². The number of hydrogen-bond donors (Lipinski definition) is 1. The van der Waals surface area contributed by atoms with Crippen LogP contribution in [0.4, 0.5) is 0 Å². The molecule has 118 valence electrons. The van der Waals surface area contributed by atoms with Crippen LogP contribution in [0.3, 0.4) is 0 Å². The monoisotopic (exact) mass is 281 g/mol. The third-order valence-corrected chi connectivity index (χ3v) is 4.85. The van der Waals surface area contributed by atoms with Gasteiger partial charge in [-0.15, -0.1) is 0 Å². The molecule has 3 atom stereocenters. The maximum absolute atomic E-state index is 6.41. The summed E-state index contributed by atoms with van der Waals surface area (Å²) in [4.78, 5) is 0. The van der Waals surface area contributed by atoms with Gasteiger partial charge in [-0.1, -0.05) is 58.6 Å². The lowest BCUT2D eigenvalue weighted by Gasteiger charge is -2.44. The molecule has 1 fully saturated rings. The average Bonchev–Trinajstić information content (AvgIpc) is 2.40. The van der Waals surface area contributed by atoms with E-state index in [0.29, 0.717) is 5.92 Å². The summed E-state index contributed by atoms with van der Waals surface area (Å²) in [6, 6.07) is 0.139. The molecule has 0 aromatic rings. The fraction of sp³-hybridized carbons (Fsp3) is 0.889. The van der Waals surface area contributed by atoms with Gasteiger partial charge in [-0.2, -0.15) is 0 Å². The van der Waals surface area contributed by atoms with Gasteiger partial charge in [0.05, 0.1) is 6.10 Å². The lowest BCUT2D eigenvalue weighted by atomic mass is 9.68. The van der Waals surface area contributed by atoms with Crippen LogP contribution in [0.1, 0.15) is 72.1 Å². The van der Waals surface area contributed by atoms with E-state index in [1.165, 1.54) is 51.4 Å². The van der Waals surface area contributed by atoms with Crippen LogP contribution >= 0.6 is 0 Å². The second-order valence-electron chi connectivity index (χ2n) is 7.06. The maximum atomic E-state index is 6.41. The van der Waals surface area contributed by atoms with Gasteiger partial charge in [-0.25, -0.2) is 0 Å². The molecule has 2 nitrogen and oxygen atoms in total. The van der Waals surface area contributed by atoms with Crippen LogP contribution in [0, 0.1) is 11.3 Å². The summed E-state index contributed by atoms with van der Waals surface area (Å²) in [6.45, 7) is 6.81. The van der Waals surface area contributed by atoms with Gasteiger partial charge < -0.3 is 10.5 Å². The number of unbranched alkanes of at least 4 members (excludes halogenated alkanes) is 5. The van der Waals surface area contributed by atoms with Gasteiger partial charge in [-0.3, -0.25) is 0 Å². The van der Waals surface area contributed by atoms with E-state index in [-0.39, 0.29) is 17.6 Å². The van der Waals surface area contributed by atoms with E-state index in [2.05, 4.69) is 32.9 Å². The molecule has 0 spiro atoms. The van der Waals surface area contributed by atoms with E-state index in [1.54, 1.807) is 7.11 Å². The Balaban J connectivity index is 2.33. The van der Waals surface area contributed by atoms with Gasteiger partial charge >= 0.3 is 0 Å². The van der Waals surface area contributed by atoms with Gasteiger partial charge in [0.1, 0.15) is 0 Å². The molecule has 1 aliphatic carbocycles. The predicted octanol–water partition coefficient (Wildman–Crippen LogP) is 4.68. The van der Waals surface area contributed by atoms with Crippen molar-refractivity contribution in [1.82, 2.24) is 0 Å². The largest absolute Gasteiger partial charge is 0.379 e. The Morgan fingerprint density at radius 2 is 1.90 bits per heavy atom. The van der Waals surface area contributed by atoms with Gasteiger partial charge in [0.2, 0.25) is 0 Å². The summed E-state index contributed by atoms with van der Waals surface area (Å²) in [6.07, 6.45) is 15.2. The zero-order valence-electron chi connectivity index (χ0n) is 14.0. The molecule has 2 N–H and O–H groups in total. The Hall–Kier alpha value is -0.340. The summed E-state index contributed by atoms with van der Waals surface area (Å²) in [5.41, 5.74) is 6.62. The predicted molar refractivity (Wildman–Crippen MR) is 87.8 cm³/mol. The van der Waals surface area contributed by atoms with Crippen LogP contribution in [-0.2, 0) is 4.74 Å². The van der Waals surface area contributed by atoms with E-state index in [0.717, 1.165) is 0 Å². The summed E-state index contributed by atoms with van der Waals surface area (Å²) >= 11 is 0. The molecule has 0 bridgehead atoms. The molecule has 0 heterocycles. The van der Waals surface area contributed by atoms with Crippen LogP contribution in [0.25, 0.3) is 0 Å². The first-order valence-corrected chi connectivity index (χ1v) is 8.48. The van der Waals surface area contributed by atoms with Crippen molar-refractivity contribution in [2.75, 3.05) is 7.11 Å². The summed E-state index contributed by atoms with van der Waals surface area (Å²) < 4.78 is 5.66. The van der Waals surface area contributed by atoms with Crippen molar-refractivity contribution in [3.63, 3.8) is 0 Å². The minimum absolute atomic E-state index is 0.139. The molecule has 1 saturated carbocycles. The number of hydrogen-bond acceptors (Lipinski definition) is 2. The molecule has 2 heteroatoms. The lowest BCUT2D eigenvalue weighted by Crippen LogP contribution is -2.53. The van der Waals surface area contributed by atoms with Crippen molar-refractivity contribution < 1.29 is 4.74 Å². The van der Waals surface area contributed by atoms with Crippen LogP contribution in [-0.4, -0.2) is 19.3 Å². The van der Waals surface area contributed by atoms with Crippen LogP contribution in [0.15, 0.2) is 12.2 Å². The molecule has 0 aliphatic heterocycles. The molecule has 1 rings (SSSR count). The second kappa shape index (κ2) is 8.84. The molecule has 0 amide bonds. The quantitative estimate of drug-likeness (QED) is 0.518. The molecule has 1 aliphatic rings. The standard InChI is InChI=1S/C18H35NO/c1-5-6-7-8-9-10-11-12-15-13-14-18(2,3)17(20-4)16(15)19/h11-12,15-17H,5-10,13-14,19H2,1-4H3/t15-,16-,17-/m0/s1. The zero-order valence-corrected chi connectivity index (χ0v) is 14.0. The lowest BCUT2D eigenvalue weighted by molar-refractivity contribution is -0.0479. The van der Waals surface area contributed by atoms with E-state index >= 15 is 0 Å². The molecular weight excluding hydrogens is 246 g/mol. The minimum Gasteiger partial charge on any atom is -0.379 e. The van der Waals surface area contributed by atoms with Crippen LogP contribution < -0.4 is 5.73 Å². The Kier molecular flexibility index (Phi) is 7.83. The van der Waals surface area contributed by atoms with E-state index < -0.39 is 0 Å². The Bertz CT molecular complexity index is 285. The SMILES string of the molecule is CCCCCCCC=C[C@H]1CCC(C)(C)[C@@H](OC)[C@H]1N. The Morgan fingerprint density at radius 3 is 2.55 bits per heavy atom. The fourth-order valence-electron chi connectivity index (χ4n) is 3.46. The number of nitrogens with two attached hydrogens (primary N) is 1. The Morgan fingerprint density at radius 1 is 1.20 bits per heavy atom. The number of methoxy groups -OCH3 is 1. The summed E-state index contributed by atoms with van der Waals surface area (Å²) in [5, 5.41) is 0. The molecular formula is C18H35NO. The van der Waals surface area contributed by atoms with Crippen molar-refractivity contribution in [3.05, 3.63) is 12.2 Å². The first-order chi connectivity index (χ1) is 9.53. The number of ether oxygens (including phenoxy) is 1. The highest BCUT2D eigenvalue weighted by Gasteiger charge is 2.41. The molecule has 0 saturated heterocycles. The highest BCUT2D eigenvalue weighted by molar-refractivity contribution is 5.03. The fourth-order valence-corrected chi connectivity index (χ4v) is 3.46. The van der Waals surface area contributed by atoms with Crippen molar-refractivity contribution in [2.24, 2.45) is 17.1 Å². The van der Waals surface area contributed by atoms with Crippen LogP contribution in [0.2, 0.25) is 0 Å². The summed E-state index contributed by atoms with van der Waals surface area (Å²) in [5.74, 6) is 0.489. The molecule has 0 unspecified atom stereocenters. The highest BCUT2D eigenvalue weighted by Crippen LogP contribution is 2.39. The third kappa shape index (κ3) is 5.21. The second-order valence-corrected chi connectivity index (χ2v) is 7.06. The smallest absolute Gasteiger partial charge is 0.0778 e. The number of allylic oxidation sites excluding steroid dienone is 1. The third-order valence-electron chi connectivity index (χ3n) is 4.85. The molecule has 20 heavy (non-hydrogen) atoms. The van der Waals surface area contributed by atoms with Crippen LogP contribution in [0.5, 0.6) is 0 Å². The van der Waals surface area contributed by atoms with Gasteiger partial charge in [0.25, 0.3) is 0 Å². The number of rotatable bonds is 8. The van der Waals surface area contributed by atoms with Crippen molar-refractivity contribution in [3.8, 4) is 0 Å². The van der Waals surface area contributed by atoms with E-state index in [1.807, 2.05) is 0 Å². The van der Waals surface area contributed by atoms with E-state index in [9.17, 15) is 0 Å². The highest BCUT2D eigenvalue weighted by atomic mass is 16.5.